The predicted octanol–water partition coefficient (Wildman–Crippen LogP) is 10.7. The van der Waals surface area contributed by atoms with Crippen molar-refractivity contribution in [1.29, 1.82) is 0 Å². The fraction of sp³-hybridized carbons (Fsp3) is 0.0476. The van der Waals surface area contributed by atoms with Gasteiger partial charge >= 0.3 is 0 Å². The van der Waals surface area contributed by atoms with Crippen molar-refractivity contribution in [3.05, 3.63) is 173 Å². The third-order valence-electron chi connectivity index (χ3n) is 8.98. The van der Waals surface area contributed by atoms with Crippen molar-refractivity contribution in [3.8, 4) is 45.0 Å². The van der Waals surface area contributed by atoms with E-state index >= 15 is 0 Å². The van der Waals surface area contributed by atoms with Gasteiger partial charge in [0.1, 0.15) is 0 Å². The lowest BCUT2D eigenvalue weighted by Gasteiger charge is -2.12. The number of nitro benzene ring substituents is 2. The molecule has 7 aromatic rings. The molecule has 2 heterocycles. The fourth-order valence-electron chi connectivity index (χ4n) is 5.98. The first-order valence-corrected chi connectivity index (χ1v) is 19.2. The van der Waals surface area contributed by atoms with Crippen molar-refractivity contribution in [1.82, 2.24) is 19.9 Å². The van der Waals surface area contributed by atoms with Gasteiger partial charge in [-0.25, -0.2) is 19.9 Å². The predicted molar refractivity (Wildman–Crippen MR) is 230 cm³/mol. The Morgan fingerprint density at radius 3 is 1.00 bits per heavy atom. The van der Waals surface area contributed by atoms with Crippen molar-refractivity contribution in [2.75, 3.05) is 10.6 Å². The molecule has 0 radical (unpaired) electrons. The maximum atomic E-state index is 13.2. The zero-order valence-corrected chi connectivity index (χ0v) is 33.6. The molecule has 298 valence electrons. The van der Waals surface area contributed by atoms with Gasteiger partial charge in [-0.05, 0) is 71.8 Å². The molecule has 0 atom stereocenters. The fourth-order valence-corrected chi connectivity index (χ4v) is 7.04. The summed E-state index contributed by atoms with van der Waals surface area (Å²) in [6, 6.07) is 31.8. The molecule has 2 N–H and O–H groups in total. The monoisotopic (exact) mass is 878 g/mol. The average Bonchev–Trinajstić information content (AvgIpc) is 3.23. The first kappa shape index (κ1) is 41.3. The molecular weight excluding hydrogens is 854 g/mol. The van der Waals surface area contributed by atoms with Crippen molar-refractivity contribution in [2.24, 2.45) is 0 Å². The summed E-state index contributed by atoms with van der Waals surface area (Å²) in [6.07, 6.45) is -0.324. The van der Waals surface area contributed by atoms with E-state index in [9.17, 15) is 29.8 Å². The number of halogens is 4. The second-order valence-electron chi connectivity index (χ2n) is 13.0. The molecule has 0 fully saturated rings. The third-order valence-corrected chi connectivity index (χ3v) is 10.4. The molecule has 0 aliphatic carbocycles. The minimum absolute atomic E-state index is 0.0416. The third kappa shape index (κ3) is 9.71. The number of rotatable bonds is 12. The number of benzene rings is 5. The van der Waals surface area contributed by atoms with Crippen LogP contribution in [0.5, 0.6) is 0 Å². The van der Waals surface area contributed by atoms with Crippen LogP contribution in [0.1, 0.15) is 11.1 Å². The molecule has 0 aliphatic heterocycles. The van der Waals surface area contributed by atoms with Gasteiger partial charge in [0.05, 0.1) is 45.5 Å². The minimum Gasteiger partial charge on any atom is -0.294 e. The Morgan fingerprint density at radius 1 is 0.467 bits per heavy atom. The quantitative estimate of drug-likeness (QED) is 0.0880. The average molecular weight is 881 g/mol. The second-order valence-corrected chi connectivity index (χ2v) is 14.6. The van der Waals surface area contributed by atoms with Gasteiger partial charge in [-0.15, -0.1) is 0 Å². The maximum Gasteiger partial charge on any atom is 0.269 e. The molecule has 0 saturated carbocycles. The number of amides is 2. The van der Waals surface area contributed by atoms with E-state index < -0.39 is 21.7 Å². The summed E-state index contributed by atoms with van der Waals surface area (Å²) in [6.45, 7) is 0. The number of carbonyl (C=O) groups excluding carboxylic acids is 2. The van der Waals surface area contributed by atoms with Crippen molar-refractivity contribution < 1.29 is 19.4 Å². The Kier molecular flexibility index (Phi) is 12.4. The highest BCUT2D eigenvalue weighted by Gasteiger charge is 2.18. The Balaban J connectivity index is 1.23. The van der Waals surface area contributed by atoms with Crippen molar-refractivity contribution in [3.63, 3.8) is 0 Å². The van der Waals surface area contributed by atoms with Crippen LogP contribution < -0.4 is 10.6 Å². The molecule has 14 nitrogen and oxygen atoms in total. The lowest BCUT2D eigenvalue weighted by Crippen LogP contribution is -2.17. The second kappa shape index (κ2) is 18.0. The van der Waals surface area contributed by atoms with Crippen LogP contribution in [0.15, 0.2) is 121 Å². The number of nitro groups is 2. The molecule has 2 amide bonds. The van der Waals surface area contributed by atoms with Crippen LogP contribution in [0, 0.1) is 20.2 Å². The van der Waals surface area contributed by atoms with Gasteiger partial charge in [0, 0.05) is 66.6 Å². The Bertz CT molecular complexity index is 2580. The summed E-state index contributed by atoms with van der Waals surface area (Å²) in [5.74, 6) is -1.06. The molecule has 0 unspecified atom stereocenters. The molecule has 18 heteroatoms. The van der Waals surface area contributed by atoms with E-state index in [-0.39, 0.29) is 36.1 Å². The van der Waals surface area contributed by atoms with E-state index in [1.807, 2.05) is 0 Å². The van der Waals surface area contributed by atoms with Gasteiger partial charge in [-0.3, -0.25) is 40.5 Å². The highest BCUT2D eigenvalue weighted by molar-refractivity contribution is 6.37. The zero-order chi connectivity index (χ0) is 42.5. The number of nitrogens with one attached hydrogen (secondary N) is 2. The highest BCUT2D eigenvalue weighted by Crippen LogP contribution is 2.32. The van der Waals surface area contributed by atoms with Crippen LogP contribution in [0.3, 0.4) is 0 Å². The SMILES string of the molecule is O=C(Cc1c(Cl)cccc1Cl)Nc1nc(-c2ccc(-c3cc(-c4ccc([N+](=O)[O-])cc4)nc(NC(=O)Cc4c(Cl)cccc4Cl)n3)cc2)cc(-c2ccc([N+](=O)[O-])cc2)n1. The number of carbonyl (C=O) groups is 2. The molecule has 0 spiro atoms. The number of non-ortho nitro benzene ring substituents is 2. The first-order valence-electron chi connectivity index (χ1n) is 17.7. The molecule has 5 aromatic carbocycles. The maximum absolute atomic E-state index is 13.2. The summed E-state index contributed by atoms with van der Waals surface area (Å²) in [7, 11) is 0. The van der Waals surface area contributed by atoms with Gasteiger partial charge in [0.2, 0.25) is 23.7 Å². The van der Waals surface area contributed by atoms with E-state index in [2.05, 4.69) is 30.6 Å². The van der Waals surface area contributed by atoms with Crippen LogP contribution in [-0.4, -0.2) is 41.6 Å². The number of hydrogen-bond acceptors (Lipinski definition) is 10. The summed E-state index contributed by atoms with van der Waals surface area (Å²) in [5.41, 5.74) is 4.42. The van der Waals surface area contributed by atoms with E-state index in [0.717, 1.165) is 0 Å². The molecule has 0 saturated heterocycles. The largest absolute Gasteiger partial charge is 0.294 e. The van der Waals surface area contributed by atoms with E-state index in [4.69, 9.17) is 46.4 Å². The van der Waals surface area contributed by atoms with Gasteiger partial charge in [0.15, 0.2) is 0 Å². The molecule has 2 aromatic heterocycles. The number of hydrogen-bond donors (Lipinski definition) is 2. The summed E-state index contributed by atoms with van der Waals surface area (Å²) >= 11 is 25.2. The topological polar surface area (TPSA) is 196 Å². The summed E-state index contributed by atoms with van der Waals surface area (Å²) < 4.78 is 0. The van der Waals surface area contributed by atoms with Crippen molar-refractivity contribution in [2.45, 2.75) is 12.8 Å². The Hall–Kier alpha value is -6.84. The summed E-state index contributed by atoms with van der Waals surface area (Å²) in [5, 5.41) is 29.4. The Morgan fingerprint density at radius 2 is 0.733 bits per heavy atom. The van der Waals surface area contributed by atoms with Crippen LogP contribution in [0.4, 0.5) is 23.3 Å². The van der Waals surface area contributed by atoms with Crippen molar-refractivity contribution >= 4 is 81.5 Å². The Labute approximate surface area is 360 Å². The lowest BCUT2D eigenvalue weighted by atomic mass is 10.0. The van der Waals surface area contributed by atoms with Crippen LogP contribution >= 0.6 is 46.4 Å². The number of anilines is 2. The van der Waals surface area contributed by atoms with Crippen LogP contribution in [0.2, 0.25) is 20.1 Å². The van der Waals surface area contributed by atoms with E-state index in [1.165, 1.54) is 24.3 Å². The standard InChI is InChI=1S/C42H26Cl4N8O6/c43-31-3-1-4-32(44)29(31)19-39(55)51-41-47-35(21-37(49-41)25-11-15-27(16-12-25)53(57)58)23-7-9-24(10-8-23)36-22-38(26-13-17-28(18-14-26)54(59)60)50-42(48-36)52-40(56)20-30-33(45)5-2-6-34(30)46/h1-18,21-22H,19-20H2,(H,47,49,51,55)(H,48,50,52,56). The van der Waals surface area contributed by atoms with Gasteiger partial charge in [-0.1, -0.05) is 82.8 Å². The van der Waals surface area contributed by atoms with Gasteiger partial charge in [-0.2, -0.15) is 0 Å². The molecule has 60 heavy (non-hydrogen) atoms. The molecular formula is C42H26Cl4N8O6. The number of aromatic nitrogens is 4. The normalized spacial score (nSPS) is 10.9. The molecule has 0 aliphatic rings. The molecule has 7 rings (SSSR count). The van der Waals surface area contributed by atoms with E-state index in [0.29, 0.717) is 76.2 Å². The van der Waals surface area contributed by atoms with Crippen LogP contribution in [0.25, 0.3) is 45.0 Å². The zero-order valence-electron chi connectivity index (χ0n) is 30.6. The number of nitrogens with zero attached hydrogens (tertiary/aromatic N) is 6. The lowest BCUT2D eigenvalue weighted by molar-refractivity contribution is -0.385. The smallest absolute Gasteiger partial charge is 0.269 e. The molecule has 0 bridgehead atoms. The highest BCUT2D eigenvalue weighted by atomic mass is 35.5. The van der Waals surface area contributed by atoms with Gasteiger partial charge < -0.3 is 0 Å². The van der Waals surface area contributed by atoms with E-state index in [1.54, 1.807) is 97.1 Å². The first-order chi connectivity index (χ1) is 28.8. The van der Waals surface area contributed by atoms with Crippen LogP contribution in [-0.2, 0) is 22.4 Å². The van der Waals surface area contributed by atoms with Gasteiger partial charge in [0.25, 0.3) is 11.4 Å². The summed E-state index contributed by atoms with van der Waals surface area (Å²) in [4.78, 5) is 66.4. The minimum atomic E-state index is -0.511.